The van der Waals surface area contributed by atoms with Crippen molar-refractivity contribution in [1.29, 1.82) is 0 Å². The molecule has 0 aliphatic carbocycles. The minimum Gasteiger partial charge on any atom is -0.374 e. The van der Waals surface area contributed by atoms with Crippen molar-refractivity contribution in [1.82, 2.24) is 25.2 Å². The minimum absolute atomic E-state index is 0.00973. The lowest BCUT2D eigenvalue weighted by atomic mass is 9.88. The summed E-state index contributed by atoms with van der Waals surface area (Å²) in [6.07, 6.45) is 6.87. The molecule has 0 saturated carbocycles. The fourth-order valence-corrected chi connectivity index (χ4v) is 10.8. The number of anilines is 4. The van der Waals surface area contributed by atoms with Gasteiger partial charge in [-0.15, -0.1) is 11.3 Å². The van der Waals surface area contributed by atoms with E-state index in [4.69, 9.17) is 10.1 Å². The van der Waals surface area contributed by atoms with E-state index in [2.05, 4.69) is 55.1 Å². The Labute approximate surface area is 371 Å². The number of halogens is 1. The van der Waals surface area contributed by atoms with Crippen LogP contribution in [-0.2, 0) is 24.4 Å². The van der Waals surface area contributed by atoms with Crippen molar-refractivity contribution in [3.05, 3.63) is 101 Å². The summed E-state index contributed by atoms with van der Waals surface area (Å²) in [4.78, 5) is 55.8. The van der Waals surface area contributed by atoms with Gasteiger partial charge in [0.2, 0.25) is 33.7 Å². The van der Waals surface area contributed by atoms with Gasteiger partial charge >= 0.3 is 0 Å². The maximum atomic E-state index is 16.0. The number of primary sulfonamides is 1. The predicted octanol–water partition coefficient (Wildman–Crippen LogP) is 7.43. The van der Waals surface area contributed by atoms with Crippen LogP contribution in [0.4, 0.5) is 27.4 Å². The Balaban J connectivity index is 0.814. The molecule has 63 heavy (non-hydrogen) atoms. The third-order valence-corrected chi connectivity index (χ3v) is 14.8. The summed E-state index contributed by atoms with van der Waals surface area (Å²) in [6.45, 7) is 6.73. The lowest BCUT2D eigenvalue weighted by molar-refractivity contribution is -0.134. The van der Waals surface area contributed by atoms with Gasteiger partial charge < -0.3 is 20.4 Å². The van der Waals surface area contributed by atoms with Gasteiger partial charge in [-0.1, -0.05) is 31.2 Å². The smallest absolute Gasteiger partial charge is 0.249 e. The Hall–Kier alpha value is -5.78. The summed E-state index contributed by atoms with van der Waals surface area (Å²) in [5.41, 5.74) is 5.09. The van der Waals surface area contributed by atoms with Gasteiger partial charge in [0, 0.05) is 73.4 Å². The van der Waals surface area contributed by atoms with Crippen molar-refractivity contribution in [2.24, 2.45) is 11.1 Å². The van der Waals surface area contributed by atoms with E-state index in [1.807, 2.05) is 36.1 Å². The number of imide groups is 1. The summed E-state index contributed by atoms with van der Waals surface area (Å²) < 4.78 is 40.5. The molecule has 17 heteroatoms. The number of aryl methyl sites for hydroxylation is 1. The van der Waals surface area contributed by atoms with Gasteiger partial charge in [-0.2, -0.15) is 0 Å². The van der Waals surface area contributed by atoms with E-state index >= 15 is 4.39 Å². The maximum absolute atomic E-state index is 16.0. The highest BCUT2D eigenvalue weighted by atomic mass is 32.2. The molecule has 3 saturated heterocycles. The van der Waals surface area contributed by atoms with Crippen LogP contribution in [0.2, 0.25) is 0 Å². The number of amides is 3. The number of piperidine rings is 3. The number of hydrogen-bond acceptors (Lipinski definition) is 12. The number of nitrogens with zero attached hydrogens (tertiary/aromatic N) is 5. The van der Waals surface area contributed by atoms with Gasteiger partial charge in [0.15, 0.2) is 0 Å². The van der Waals surface area contributed by atoms with Gasteiger partial charge in [0.05, 0.1) is 21.3 Å². The number of hydrogen-bond donors (Lipinski definition) is 4. The first-order chi connectivity index (χ1) is 30.3. The monoisotopic (exact) mass is 893 g/mol. The van der Waals surface area contributed by atoms with Gasteiger partial charge in [-0.25, -0.2) is 32.9 Å². The highest BCUT2D eigenvalue weighted by Gasteiger charge is 2.30. The van der Waals surface area contributed by atoms with Crippen LogP contribution in [0.1, 0.15) is 85.6 Å². The first kappa shape index (κ1) is 43.9. The van der Waals surface area contributed by atoms with E-state index in [0.717, 1.165) is 68.9 Å². The van der Waals surface area contributed by atoms with Crippen LogP contribution in [0.25, 0.3) is 21.8 Å². The van der Waals surface area contributed by atoms with Crippen LogP contribution in [0.5, 0.6) is 0 Å². The molecule has 3 aliphatic rings. The van der Waals surface area contributed by atoms with Crippen LogP contribution in [0.3, 0.4) is 0 Å². The molecule has 3 amide bonds. The zero-order valence-corrected chi connectivity index (χ0v) is 37.0. The molecule has 3 aliphatic heterocycles. The van der Waals surface area contributed by atoms with Crippen LogP contribution in [0, 0.1) is 18.7 Å². The van der Waals surface area contributed by atoms with E-state index in [-0.39, 0.29) is 35.3 Å². The SMILES string of the molecule is CCC(c1cccc(-c2nc(C)sc2-c2ccnc(Nc3ccc(C4CCN(C(=O)CC5CCN(c6ccc(NC7CCC(=O)NC7=O)cc6)CC5)CC4)cc3)n2)c1F)S(N)(=O)=O. The molecule has 2 aromatic heterocycles. The molecule has 2 unspecified atom stereocenters. The quantitative estimate of drug-likeness (QED) is 0.0860. The number of carbonyl (C=O) groups is 3. The second-order valence-electron chi connectivity index (χ2n) is 16.6. The zero-order valence-electron chi connectivity index (χ0n) is 35.3. The summed E-state index contributed by atoms with van der Waals surface area (Å²) in [6, 6.07) is 22.2. The molecule has 3 aromatic carbocycles. The molecule has 0 bridgehead atoms. The number of sulfonamides is 1. The van der Waals surface area contributed by atoms with Crippen molar-refractivity contribution in [2.75, 3.05) is 41.7 Å². The van der Waals surface area contributed by atoms with Crippen molar-refractivity contribution in [3.8, 4) is 21.8 Å². The average molecular weight is 894 g/mol. The number of benzene rings is 3. The van der Waals surface area contributed by atoms with Gasteiger partial charge in [0.1, 0.15) is 17.1 Å². The topological polar surface area (TPSA) is 193 Å². The fraction of sp³-hybridized carbons (Fsp3) is 0.391. The molecular weight excluding hydrogens is 842 g/mol. The molecule has 0 spiro atoms. The van der Waals surface area contributed by atoms with E-state index in [9.17, 15) is 22.8 Å². The summed E-state index contributed by atoms with van der Waals surface area (Å²) >= 11 is 1.36. The third kappa shape index (κ3) is 10.2. The first-order valence-corrected chi connectivity index (χ1v) is 24.0. The normalized spacial score (nSPS) is 18.3. The second-order valence-corrected chi connectivity index (χ2v) is 19.6. The number of nitrogens with two attached hydrogens (primary N) is 1. The van der Waals surface area contributed by atoms with E-state index in [0.29, 0.717) is 58.3 Å². The average Bonchev–Trinajstić information content (AvgIpc) is 3.67. The highest BCUT2D eigenvalue weighted by Crippen LogP contribution is 2.40. The van der Waals surface area contributed by atoms with Crippen LogP contribution in [0.15, 0.2) is 79.0 Å². The maximum Gasteiger partial charge on any atom is 0.249 e. The van der Waals surface area contributed by atoms with E-state index in [1.54, 1.807) is 31.3 Å². The molecule has 5 aromatic rings. The van der Waals surface area contributed by atoms with Crippen LogP contribution < -0.4 is 26.0 Å². The largest absolute Gasteiger partial charge is 0.374 e. The number of likely N-dealkylation sites (tertiary alicyclic amines) is 1. The Morgan fingerprint density at radius 3 is 2.33 bits per heavy atom. The van der Waals surface area contributed by atoms with E-state index in [1.165, 1.54) is 23.0 Å². The first-order valence-electron chi connectivity index (χ1n) is 21.5. The van der Waals surface area contributed by atoms with Crippen LogP contribution >= 0.6 is 11.3 Å². The van der Waals surface area contributed by atoms with Crippen molar-refractivity contribution >= 4 is 62.1 Å². The number of aromatic nitrogens is 3. The van der Waals surface area contributed by atoms with Gasteiger partial charge in [0.25, 0.3) is 0 Å². The molecule has 3 fully saturated rings. The Kier molecular flexibility index (Phi) is 13.2. The van der Waals surface area contributed by atoms with E-state index < -0.39 is 27.1 Å². The highest BCUT2D eigenvalue weighted by molar-refractivity contribution is 7.89. The molecule has 5 N–H and O–H groups in total. The number of thiazole rings is 1. The minimum atomic E-state index is -4.03. The summed E-state index contributed by atoms with van der Waals surface area (Å²) in [5.74, 6) is 0.120. The number of carbonyl (C=O) groups excluding carboxylic acids is 3. The Morgan fingerprint density at radius 1 is 0.937 bits per heavy atom. The second kappa shape index (κ2) is 18.9. The lowest BCUT2D eigenvalue weighted by Crippen LogP contribution is -2.47. The molecule has 0 radical (unpaired) electrons. The zero-order chi connectivity index (χ0) is 44.3. The molecule has 14 nitrogen and oxygen atoms in total. The summed E-state index contributed by atoms with van der Waals surface area (Å²) in [7, 11) is -4.03. The third-order valence-electron chi connectivity index (χ3n) is 12.4. The van der Waals surface area contributed by atoms with Gasteiger partial charge in [-0.05, 0) is 111 Å². The van der Waals surface area contributed by atoms with Crippen molar-refractivity contribution in [3.63, 3.8) is 0 Å². The van der Waals surface area contributed by atoms with Gasteiger partial charge in [-0.3, -0.25) is 19.7 Å². The molecule has 5 heterocycles. The fourth-order valence-electron chi connectivity index (χ4n) is 8.94. The van der Waals surface area contributed by atoms with Crippen molar-refractivity contribution in [2.45, 2.75) is 82.4 Å². The standard InChI is InChI=1S/C46H52FN9O5S2/c1-3-39(63(48,60)61)35-5-4-6-36(42(35)47)43-44(62-28(2)50-43)37-17-22-49-46(53-37)52-33-9-7-30(8-10-33)31-20-25-56(26-21-31)41(58)27-29-18-23-55(24-19-29)34-13-11-32(12-14-34)51-38-15-16-40(57)54-45(38)59/h4-14,17,22,29,31,38-39,51H,3,15-16,18-21,23-27H2,1-2H3,(H2,48,60,61)(H,49,52,53)(H,54,57,59). The molecular formula is C46H52FN9O5S2. The molecule has 2 atom stereocenters. The molecule has 330 valence electrons. The van der Waals surface area contributed by atoms with Crippen LogP contribution in [-0.4, -0.2) is 78.2 Å². The lowest BCUT2D eigenvalue weighted by Gasteiger charge is -2.36. The Bertz CT molecular complexity index is 2570. The number of rotatable bonds is 13. The predicted molar refractivity (Wildman–Crippen MR) is 243 cm³/mol. The Morgan fingerprint density at radius 2 is 1.65 bits per heavy atom. The molecule has 8 rings (SSSR count). The van der Waals surface area contributed by atoms with Crippen molar-refractivity contribution < 1.29 is 27.2 Å². The number of nitrogens with one attached hydrogen (secondary N) is 3. The summed E-state index contributed by atoms with van der Waals surface area (Å²) in [5, 5.41) is 13.9.